The summed E-state index contributed by atoms with van der Waals surface area (Å²) in [7, 11) is 0. The molecule has 7 heteroatoms. The van der Waals surface area contributed by atoms with Gasteiger partial charge in [-0.15, -0.1) is 11.3 Å². The molecule has 0 saturated carbocycles. The number of ether oxygens (including phenoxy) is 1. The second-order valence-corrected chi connectivity index (χ2v) is 6.62. The van der Waals surface area contributed by atoms with Crippen LogP contribution in [0.1, 0.15) is 18.4 Å². The average molecular weight is 355 g/mol. The summed E-state index contributed by atoms with van der Waals surface area (Å²) in [5.74, 6) is -0.438. The minimum atomic E-state index is -0.438. The Hall–Kier alpha value is -2.74. The van der Waals surface area contributed by atoms with Crippen molar-refractivity contribution in [3.8, 4) is 12.1 Å². The summed E-state index contributed by atoms with van der Waals surface area (Å²) < 4.78 is 21.4. The first kappa shape index (κ1) is 17.1. The zero-order chi connectivity index (χ0) is 17.8. The molecule has 0 radical (unpaired) electrons. The van der Waals surface area contributed by atoms with Crippen LogP contribution in [-0.4, -0.2) is 17.3 Å². The Balaban J connectivity index is 2.21. The normalized spacial score (nSPS) is 17.2. The summed E-state index contributed by atoms with van der Waals surface area (Å²) in [6, 6.07) is 9.78. The van der Waals surface area contributed by atoms with Crippen LogP contribution in [0.5, 0.6) is 0 Å². The molecule has 1 aromatic carbocycles. The molecule has 2 heterocycles. The molecule has 1 saturated heterocycles. The van der Waals surface area contributed by atoms with Gasteiger partial charge in [-0.1, -0.05) is 18.2 Å². The Morgan fingerprint density at radius 3 is 2.80 bits per heavy atom. The molecule has 126 valence electrons. The lowest BCUT2D eigenvalue weighted by molar-refractivity contribution is 0.0959. The van der Waals surface area contributed by atoms with Crippen LogP contribution in [0.4, 0.5) is 4.39 Å². The first-order valence-corrected chi connectivity index (χ1v) is 8.57. The molecule has 2 aromatic rings. The Morgan fingerprint density at radius 1 is 1.40 bits per heavy atom. The van der Waals surface area contributed by atoms with Crippen molar-refractivity contribution in [3.05, 3.63) is 55.2 Å². The van der Waals surface area contributed by atoms with E-state index in [0.29, 0.717) is 6.61 Å². The molecule has 1 atom stereocenters. The maximum atomic E-state index is 13.9. The Labute approximate surface area is 147 Å². The smallest absolute Gasteiger partial charge is 0.269 e. The highest BCUT2D eigenvalue weighted by atomic mass is 32.1. The van der Waals surface area contributed by atoms with E-state index in [1.807, 2.05) is 12.1 Å². The number of aromatic nitrogens is 1. The van der Waals surface area contributed by atoms with Crippen LogP contribution in [-0.2, 0) is 11.3 Å². The lowest BCUT2D eigenvalue weighted by Crippen LogP contribution is -2.35. The van der Waals surface area contributed by atoms with E-state index in [-0.39, 0.29) is 38.5 Å². The van der Waals surface area contributed by atoms with Crippen LogP contribution in [0.25, 0.3) is 11.6 Å². The van der Waals surface area contributed by atoms with Crippen LogP contribution in [0.2, 0.25) is 0 Å². The largest absolute Gasteiger partial charge is 0.376 e. The third kappa shape index (κ3) is 3.53. The fourth-order valence-electron chi connectivity index (χ4n) is 2.72. The van der Waals surface area contributed by atoms with E-state index >= 15 is 0 Å². The number of thiazole rings is 1. The standard InChI is InChI=1S/C18H14FN3O2S/c19-15-6-2-1-4-12(15)8-16-17(23)22(11-14-5-3-7-24-14)18(25-16)13(9-20)10-21/h1-2,4,6,8,14H,3,5,7,11H2. The van der Waals surface area contributed by atoms with Gasteiger partial charge in [-0.2, -0.15) is 10.5 Å². The average Bonchev–Trinajstić information content (AvgIpc) is 3.22. The summed E-state index contributed by atoms with van der Waals surface area (Å²) in [5.41, 5.74) is -0.192. The first-order valence-electron chi connectivity index (χ1n) is 7.76. The van der Waals surface area contributed by atoms with Crippen LogP contribution >= 0.6 is 11.3 Å². The van der Waals surface area contributed by atoms with Gasteiger partial charge in [0.2, 0.25) is 0 Å². The van der Waals surface area contributed by atoms with Crippen LogP contribution in [0, 0.1) is 28.5 Å². The van der Waals surface area contributed by atoms with Gasteiger partial charge >= 0.3 is 0 Å². The molecule has 0 N–H and O–H groups in total. The molecule has 1 aromatic heterocycles. The number of benzene rings is 1. The second-order valence-electron chi connectivity index (χ2n) is 5.59. The molecule has 25 heavy (non-hydrogen) atoms. The van der Waals surface area contributed by atoms with Gasteiger partial charge < -0.3 is 4.74 Å². The third-order valence-electron chi connectivity index (χ3n) is 3.95. The van der Waals surface area contributed by atoms with E-state index in [4.69, 9.17) is 4.74 Å². The van der Waals surface area contributed by atoms with Gasteiger partial charge in [-0.05, 0) is 25.0 Å². The molecule has 0 bridgehead atoms. The lowest BCUT2D eigenvalue weighted by Gasteiger charge is -2.09. The molecule has 0 amide bonds. The quantitative estimate of drug-likeness (QED) is 0.830. The van der Waals surface area contributed by atoms with Crippen molar-refractivity contribution in [2.24, 2.45) is 0 Å². The van der Waals surface area contributed by atoms with Gasteiger partial charge in [-0.25, -0.2) is 4.39 Å². The fourth-order valence-corrected chi connectivity index (χ4v) is 3.77. The highest BCUT2D eigenvalue weighted by Crippen LogP contribution is 2.13. The lowest BCUT2D eigenvalue weighted by atomic mass is 10.2. The minimum Gasteiger partial charge on any atom is -0.376 e. The third-order valence-corrected chi connectivity index (χ3v) is 5.08. The van der Waals surface area contributed by atoms with Crippen LogP contribution in [0.15, 0.2) is 29.1 Å². The van der Waals surface area contributed by atoms with Crippen LogP contribution in [0.3, 0.4) is 0 Å². The zero-order valence-electron chi connectivity index (χ0n) is 13.2. The van der Waals surface area contributed by atoms with Crippen molar-refractivity contribution >= 4 is 23.0 Å². The number of hydrogen-bond donors (Lipinski definition) is 0. The molecule has 1 unspecified atom stereocenters. The molecule has 5 nitrogen and oxygen atoms in total. The van der Waals surface area contributed by atoms with E-state index in [1.165, 1.54) is 16.7 Å². The molecule has 0 aliphatic carbocycles. The van der Waals surface area contributed by atoms with Crippen molar-refractivity contribution in [1.29, 1.82) is 10.5 Å². The molecule has 1 fully saturated rings. The maximum absolute atomic E-state index is 13.9. The fraction of sp³-hybridized carbons (Fsp3) is 0.278. The van der Waals surface area contributed by atoms with Gasteiger partial charge in [-0.3, -0.25) is 9.36 Å². The number of nitriles is 2. The highest BCUT2D eigenvalue weighted by Gasteiger charge is 2.19. The topological polar surface area (TPSA) is 78.8 Å². The number of halogens is 1. The molecule has 3 rings (SSSR count). The van der Waals surface area contributed by atoms with Crippen molar-refractivity contribution in [1.82, 2.24) is 4.57 Å². The van der Waals surface area contributed by atoms with Crippen molar-refractivity contribution in [2.45, 2.75) is 25.5 Å². The zero-order valence-corrected chi connectivity index (χ0v) is 14.1. The Morgan fingerprint density at radius 2 is 2.16 bits per heavy atom. The van der Waals surface area contributed by atoms with E-state index in [1.54, 1.807) is 18.2 Å². The Kier molecular flexibility index (Phi) is 5.08. The van der Waals surface area contributed by atoms with Gasteiger partial charge in [0.05, 0.1) is 17.2 Å². The monoisotopic (exact) mass is 355 g/mol. The Bertz CT molecular complexity index is 1030. The summed E-state index contributed by atoms with van der Waals surface area (Å²) in [5, 5.41) is 18.4. The molecule has 1 aliphatic heterocycles. The van der Waals surface area contributed by atoms with E-state index in [0.717, 1.165) is 24.2 Å². The van der Waals surface area contributed by atoms with E-state index < -0.39 is 5.82 Å². The number of hydrogen-bond acceptors (Lipinski definition) is 5. The predicted octanol–water partition coefficient (Wildman–Crippen LogP) is 1.25. The van der Waals surface area contributed by atoms with E-state index in [2.05, 4.69) is 0 Å². The number of rotatable bonds is 3. The van der Waals surface area contributed by atoms with E-state index in [9.17, 15) is 19.7 Å². The minimum absolute atomic E-state index is 0.119. The summed E-state index contributed by atoms with van der Waals surface area (Å²) in [6.45, 7) is 0.919. The predicted molar refractivity (Wildman–Crippen MR) is 91.4 cm³/mol. The van der Waals surface area contributed by atoms with Gasteiger partial charge in [0, 0.05) is 12.2 Å². The van der Waals surface area contributed by atoms with Gasteiger partial charge in [0.25, 0.3) is 5.56 Å². The van der Waals surface area contributed by atoms with Crippen LogP contribution < -0.4 is 14.8 Å². The number of nitrogens with zero attached hydrogens (tertiary/aromatic N) is 3. The van der Waals surface area contributed by atoms with Crippen molar-refractivity contribution in [2.75, 3.05) is 6.61 Å². The summed E-state index contributed by atoms with van der Waals surface area (Å²) in [6.07, 6.45) is 3.07. The molecule has 1 aliphatic rings. The second kappa shape index (κ2) is 7.43. The first-order chi connectivity index (χ1) is 12.1. The summed E-state index contributed by atoms with van der Waals surface area (Å²) in [4.78, 5) is 12.8. The maximum Gasteiger partial charge on any atom is 0.269 e. The summed E-state index contributed by atoms with van der Waals surface area (Å²) >= 11 is 1.02. The molecule has 0 spiro atoms. The van der Waals surface area contributed by atoms with Crippen molar-refractivity contribution < 1.29 is 9.13 Å². The van der Waals surface area contributed by atoms with Crippen molar-refractivity contribution in [3.63, 3.8) is 0 Å². The molecular formula is C18H14FN3O2S. The van der Waals surface area contributed by atoms with Gasteiger partial charge in [0.15, 0.2) is 5.57 Å². The molecular weight excluding hydrogens is 341 g/mol. The SMILES string of the molecule is N#CC(C#N)=c1sc(=Cc2ccccc2F)c(=O)n1CC1CCCO1. The van der Waals surface area contributed by atoms with Gasteiger partial charge in [0.1, 0.15) is 22.6 Å². The highest BCUT2D eigenvalue weighted by molar-refractivity contribution is 7.07.